The van der Waals surface area contributed by atoms with Gasteiger partial charge in [-0.2, -0.15) is 0 Å². The lowest BCUT2D eigenvalue weighted by molar-refractivity contribution is -0.123. The Kier molecular flexibility index (Phi) is 5.65. The normalized spacial score (nSPS) is 12.3. The number of amides is 1. The average Bonchev–Trinajstić information content (AvgIpc) is 2.35. The molecule has 0 heterocycles. The zero-order valence-electron chi connectivity index (χ0n) is 11.3. The molecule has 0 spiro atoms. The summed E-state index contributed by atoms with van der Waals surface area (Å²) in [7, 11) is 1.62. The fourth-order valence-corrected chi connectivity index (χ4v) is 1.86. The Morgan fingerprint density at radius 1 is 1.44 bits per heavy atom. The van der Waals surface area contributed by atoms with Crippen LogP contribution in [0.3, 0.4) is 0 Å². The third-order valence-corrected chi connectivity index (χ3v) is 2.70. The third-order valence-electron chi connectivity index (χ3n) is 2.70. The topological polar surface area (TPSA) is 64.3 Å². The first-order valence-corrected chi connectivity index (χ1v) is 6.23. The fourth-order valence-electron chi connectivity index (χ4n) is 1.86. The van der Waals surface area contributed by atoms with E-state index >= 15 is 0 Å². The van der Waals surface area contributed by atoms with Gasteiger partial charge in [-0.1, -0.05) is 12.1 Å². The molecule has 0 aromatic heterocycles. The molecule has 1 aromatic carbocycles. The quantitative estimate of drug-likeness (QED) is 0.807. The van der Waals surface area contributed by atoms with Gasteiger partial charge in [-0.3, -0.25) is 4.79 Å². The average molecular weight is 250 g/mol. The van der Waals surface area contributed by atoms with Gasteiger partial charge in [-0.15, -0.1) is 0 Å². The van der Waals surface area contributed by atoms with Crippen LogP contribution in [0.15, 0.2) is 24.3 Å². The molecule has 1 amide bonds. The van der Waals surface area contributed by atoms with Crippen molar-refractivity contribution in [2.45, 2.75) is 32.2 Å². The lowest BCUT2D eigenvalue weighted by atomic mass is 9.94. The van der Waals surface area contributed by atoms with Crippen LogP contribution in [0.25, 0.3) is 0 Å². The maximum Gasteiger partial charge on any atom is 0.227 e. The van der Waals surface area contributed by atoms with Gasteiger partial charge in [0.1, 0.15) is 5.75 Å². The van der Waals surface area contributed by atoms with Gasteiger partial charge >= 0.3 is 0 Å². The molecule has 0 saturated carbocycles. The van der Waals surface area contributed by atoms with Crippen molar-refractivity contribution in [1.82, 2.24) is 5.32 Å². The second kappa shape index (κ2) is 7.01. The molecule has 4 heteroatoms. The van der Waals surface area contributed by atoms with Crippen LogP contribution < -0.4 is 15.8 Å². The van der Waals surface area contributed by atoms with Crippen molar-refractivity contribution >= 4 is 5.91 Å². The number of rotatable bonds is 6. The van der Waals surface area contributed by atoms with Crippen molar-refractivity contribution in [1.29, 1.82) is 0 Å². The number of benzene rings is 1. The summed E-state index contributed by atoms with van der Waals surface area (Å²) >= 11 is 0. The van der Waals surface area contributed by atoms with Crippen LogP contribution in [-0.4, -0.2) is 25.6 Å². The first kappa shape index (κ1) is 14.5. The Balaban J connectivity index is 2.92. The highest BCUT2D eigenvalue weighted by atomic mass is 16.5. The fraction of sp³-hybridized carbons (Fsp3) is 0.500. The molecule has 0 bridgehead atoms. The van der Waals surface area contributed by atoms with Gasteiger partial charge in [0, 0.05) is 6.04 Å². The number of nitrogens with one attached hydrogen (secondary N) is 1. The summed E-state index contributed by atoms with van der Waals surface area (Å²) < 4.78 is 5.18. The van der Waals surface area contributed by atoms with Crippen LogP contribution >= 0.6 is 0 Å². The number of carbonyl (C=O) groups is 1. The molecule has 0 aliphatic heterocycles. The molecule has 0 radical (unpaired) electrons. The Bertz CT molecular complexity index is 391. The standard InChI is InChI=1S/C14H22N2O2/c1-10(2)16-14(17)13(7-8-15)11-5-4-6-12(9-11)18-3/h4-6,9-10,13H,7-8,15H2,1-3H3,(H,16,17). The van der Waals surface area contributed by atoms with Crippen molar-refractivity contribution in [3.05, 3.63) is 29.8 Å². The smallest absolute Gasteiger partial charge is 0.227 e. The molecule has 0 aliphatic rings. The molecule has 0 saturated heterocycles. The molecule has 1 unspecified atom stereocenters. The second-order valence-electron chi connectivity index (χ2n) is 4.57. The predicted molar refractivity (Wildman–Crippen MR) is 72.7 cm³/mol. The largest absolute Gasteiger partial charge is 0.497 e. The first-order valence-electron chi connectivity index (χ1n) is 6.23. The zero-order chi connectivity index (χ0) is 13.5. The minimum Gasteiger partial charge on any atom is -0.497 e. The van der Waals surface area contributed by atoms with Gasteiger partial charge in [0.2, 0.25) is 5.91 Å². The number of nitrogens with two attached hydrogens (primary N) is 1. The number of hydrogen-bond acceptors (Lipinski definition) is 3. The summed E-state index contributed by atoms with van der Waals surface area (Å²) in [6.07, 6.45) is 0.631. The van der Waals surface area contributed by atoms with Crippen LogP contribution in [0.1, 0.15) is 31.7 Å². The molecular formula is C14H22N2O2. The maximum atomic E-state index is 12.1. The predicted octanol–water partition coefficient (Wildman–Crippen LogP) is 1.65. The Morgan fingerprint density at radius 2 is 2.17 bits per heavy atom. The van der Waals surface area contributed by atoms with Crippen LogP contribution in [-0.2, 0) is 4.79 Å². The van der Waals surface area contributed by atoms with E-state index in [1.165, 1.54) is 0 Å². The lowest BCUT2D eigenvalue weighted by Crippen LogP contribution is -2.35. The van der Waals surface area contributed by atoms with Crippen LogP contribution in [0, 0.1) is 0 Å². The van der Waals surface area contributed by atoms with E-state index < -0.39 is 0 Å². The zero-order valence-corrected chi connectivity index (χ0v) is 11.3. The lowest BCUT2D eigenvalue weighted by Gasteiger charge is -2.18. The maximum absolute atomic E-state index is 12.1. The number of hydrogen-bond donors (Lipinski definition) is 2. The van der Waals surface area contributed by atoms with E-state index in [1.54, 1.807) is 7.11 Å². The Morgan fingerprint density at radius 3 is 2.72 bits per heavy atom. The highest BCUT2D eigenvalue weighted by molar-refractivity contribution is 5.84. The summed E-state index contributed by atoms with van der Waals surface area (Å²) in [5.74, 6) is 0.558. The van der Waals surface area contributed by atoms with E-state index in [0.29, 0.717) is 13.0 Å². The molecule has 18 heavy (non-hydrogen) atoms. The number of methoxy groups -OCH3 is 1. The van der Waals surface area contributed by atoms with Crippen molar-refractivity contribution in [3.8, 4) is 5.75 Å². The Labute approximate surface area is 109 Å². The summed E-state index contributed by atoms with van der Waals surface area (Å²) in [5, 5.41) is 2.93. The van der Waals surface area contributed by atoms with Crippen molar-refractivity contribution in [3.63, 3.8) is 0 Å². The van der Waals surface area contributed by atoms with E-state index in [0.717, 1.165) is 11.3 Å². The molecule has 0 aliphatic carbocycles. The molecule has 1 aromatic rings. The van der Waals surface area contributed by atoms with Gasteiger partial charge in [0.05, 0.1) is 13.0 Å². The molecule has 1 rings (SSSR count). The van der Waals surface area contributed by atoms with Gasteiger partial charge < -0.3 is 15.8 Å². The Hall–Kier alpha value is -1.55. The molecule has 100 valence electrons. The first-order chi connectivity index (χ1) is 8.58. The minimum absolute atomic E-state index is 0.0173. The van der Waals surface area contributed by atoms with Gasteiger partial charge in [0.25, 0.3) is 0 Å². The van der Waals surface area contributed by atoms with E-state index in [2.05, 4.69) is 5.32 Å². The summed E-state index contributed by atoms with van der Waals surface area (Å²) in [6, 6.07) is 7.70. The van der Waals surface area contributed by atoms with Gasteiger partial charge in [-0.25, -0.2) is 0 Å². The van der Waals surface area contributed by atoms with Gasteiger partial charge in [-0.05, 0) is 44.5 Å². The molecule has 1 atom stereocenters. The van der Waals surface area contributed by atoms with E-state index in [4.69, 9.17) is 10.5 Å². The molecule has 4 nitrogen and oxygen atoms in total. The minimum atomic E-state index is -0.215. The van der Waals surface area contributed by atoms with Crippen molar-refractivity contribution in [2.24, 2.45) is 5.73 Å². The molecular weight excluding hydrogens is 228 g/mol. The molecule has 0 fully saturated rings. The summed E-state index contributed by atoms with van der Waals surface area (Å²) in [5.41, 5.74) is 6.54. The highest BCUT2D eigenvalue weighted by Gasteiger charge is 2.20. The second-order valence-corrected chi connectivity index (χ2v) is 4.57. The van der Waals surface area contributed by atoms with E-state index in [9.17, 15) is 4.79 Å². The molecule has 3 N–H and O–H groups in total. The van der Waals surface area contributed by atoms with Crippen LogP contribution in [0.4, 0.5) is 0 Å². The number of ether oxygens (including phenoxy) is 1. The monoisotopic (exact) mass is 250 g/mol. The summed E-state index contributed by atoms with van der Waals surface area (Å²) in [4.78, 5) is 12.1. The van der Waals surface area contributed by atoms with Crippen LogP contribution in [0.2, 0.25) is 0 Å². The van der Waals surface area contributed by atoms with Gasteiger partial charge in [0.15, 0.2) is 0 Å². The SMILES string of the molecule is COc1cccc(C(CCN)C(=O)NC(C)C)c1. The van der Waals surface area contributed by atoms with Crippen LogP contribution in [0.5, 0.6) is 5.75 Å². The van der Waals surface area contributed by atoms with E-state index in [1.807, 2.05) is 38.1 Å². The van der Waals surface area contributed by atoms with Crippen molar-refractivity contribution < 1.29 is 9.53 Å². The highest BCUT2D eigenvalue weighted by Crippen LogP contribution is 2.23. The van der Waals surface area contributed by atoms with E-state index in [-0.39, 0.29) is 17.9 Å². The number of carbonyl (C=O) groups excluding carboxylic acids is 1. The van der Waals surface area contributed by atoms with Crippen molar-refractivity contribution in [2.75, 3.05) is 13.7 Å². The summed E-state index contributed by atoms with van der Waals surface area (Å²) in [6.45, 7) is 4.37. The third kappa shape index (κ3) is 4.04.